The third-order valence-corrected chi connectivity index (χ3v) is 4.62. The van der Waals surface area contributed by atoms with Gasteiger partial charge < -0.3 is 15.7 Å². The van der Waals surface area contributed by atoms with Crippen LogP contribution in [0.25, 0.3) is 0 Å². The highest BCUT2D eigenvalue weighted by atomic mass is 32.2. The van der Waals surface area contributed by atoms with Crippen molar-refractivity contribution in [2.24, 2.45) is 5.92 Å². The van der Waals surface area contributed by atoms with Crippen LogP contribution in [0.1, 0.15) is 31.9 Å². The summed E-state index contributed by atoms with van der Waals surface area (Å²) in [5.41, 5.74) is 1.94. The second kappa shape index (κ2) is 7.11. The number of rotatable bonds is 7. The Morgan fingerprint density at radius 1 is 1.50 bits per heavy atom. The van der Waals surface area contributed by atoms with Gasteiger partial charge in [-0.3, -0.25) is 4.79 Å². The summed E-state index contributed by atoms with van der Waals surface area (Å²) in [6.07, 6.45) is 1.01. The van der Waals surface area contributed by atoms with Crippen molar-refractivity contribution >= 4 is 23.4 Å². The number of amides is 1. The molecule has 1 amide bonds. The Morgan fingerprint density at radius 2 is 2.30 bits per heavy atom. The molecule has 5 heteroatoms. The second-order valence-electron chi connectivity index (χ2n) is 5.22. The molecule has 2 atom stereocenters. The fourth-order valence-corrected chi connectivity index (χ4v) is 3.06. The summed E-state index contributed by atoms with van der Waals surface area (Å²) in [6.45, 7) is 5.15. The fourth-order valence-electron chi connectivity index (χ4n) is 2.11. The zero-order valence-electron chi connectivity index (χ0n) is 12.0. The predicted molar refractivity (Wildman–Crippen MR) is 83.1 cm³/mol. The van der Waals surface area contributed by atoms with Crippen LogP contribution in [-0.2, 0) is 4.79 Å². The smallest absolute Gasteiger partial charge is 0.246 e. The Balaban J connectivity index is 2.05. The lowest BCUT2D eigenvalue weighted by molar-refractivity contribution is -0.117. The van der Waals surface area contributed by atoms with Crippen LogP contribution in [0, 0.1) is 5.92 Å². The summed E-state index contributed by atoms with van der Waals surface area (Å²) >= 11 is 1.71. The van der Waals surface area contributed by atoms with Crippen molar-refractivity contribution in [3.8, 4) is 0 Å². The van der Waals surface area contributed by atoms with Crippen molar-refractivity contribution in [2.45, 2.75) is 31.2 Å². The third kappa shape index (κ3) is 3.53. The van der Waals surface area contributed by atoms with Crippen molar-refractivity contribution in [3.63, 3.8) is 0 Å². The minimum absolute atomic E-state index is 0.0272. The van der Waals surface area contributed by atoms with Gasteiger partial charge >= 0.3 is 0 Å². The lowest BCUT2D eigenvalue weighted by Gasteiger charge is -2.11. The first kappa shape index (κ1) is 15.4. The summed E-state index contributed by atoms with van der Waals surface area (Å²) < 4.78 is 0. The van der Waals surface area contributed by atoms with Crippen LogP contribution >= 0.6 is 11.8 Å². The molecule has 1 aliphatic heterocycles. The van der Waals surface area contributed by atoms with Crippen LogP contribution in [0.4, 0.5) is 5.69 Å². The molecule has 0 bridgehead atoms. The maximum absolute atomic E-state index is 11.9. The van der Waals surface area contributed by atoms with Gasteiger partial charge in [0.2, 0.25) is 5.91 Å². The summed E-state index contributed by atoms with van der Waals surface area (Å²) in [4.78, 5) is 13.1. The number of aliphatic hydroxyl groups is 1. The SMILES string of the molecule is CCCNC1C(=O)Nc2cc(SCC(C)CO)ccc21. The molecule has 0 radical (unpaired) electrons. The van der Waals surface area contributed by atoms with Crippen LogP contribution < -0.4 is 10.6 Å². The van der Waals surface area contributed by atoms with Crippen LogP contribution in [0.15, 0.2) is 23.1 Å². The van der Waals surface area contributed by atoms with Gasteiger partial charge in [0, 0.05) is 28.5 Å². The summed E-state index contributed by atoms with van der Waals surface area (Å²) in [6, 6.07) is 5.87. The normalized spacial score (nSPS) is 18.8. The molecule has 1 aromatic rings. The zero-order chi connectivity index (χ0) is 14.5. The van der Waals surface area contributed by atoms with Crippen molar-refractivity contribution in [1.82, 2.24) is 5.32 Å². The molecule has 1 aromatic carbocycles. The highest BCUT2D eigenvalue weighted by Gasteiger charge is 2.29. The molecule has 2 unspecified atom stereocenters. The van der Waals surface area contributed by atoms with Gasteiger partial charge in [0.15, 0.2) is 0 Å². The molecule has 0 fully saturated rings. The van der Waals surface area contributed by atoms with Gasteiger partial charge in [-0.2, -0.15) is 0 Å². The van der Waals surface area contributed by atoms with Gasteiger partial charge in [-0.1, -0.05) is 19.9 Å². The molecule has 4 nitrogen and oxygen atoms in total. The molecule has 0 saturated heterocycles. The van der Waals surface area contributed by atoms with Crippen molar-refractivity contribution in [2.75, 3.05) is 24.2 Å². The van der Waals surface area contributed by atoms with Crippen LogP contribution in [0.2, 0.25) is 0 Å². The molecule has 20 heavy (non-hydrogen) atoms. The van der Waals surface area contributed by atoms with Gasteiger partial charge in [-0.05, 0) is 31.0 Å². The van der Waals surface area contributed by atoms with E-state index in [0.29, 0.717) is 0 Å². The number of carbonyl (C=O) groups excluding carboxylic acids is 1. The maximum Gasteiger partial charge on any atom is 0.246 e. The highest BCUT2D eigenvalue weighted by Crippen LogP contribution is 2.34. The first-order chi connectivity index (χ1) is 9.65. The van der Waals surface area contributed by atoms with E-state index in [-0.39, 0.29) is 24.5 Å². The monoisotopic (exact) mass is 294 g/mol. The van der Waals surface area contributed by atoms with E-state index in [1.54, 1.807) is 11.8 Å². The number of fused-ring (bicyclic) bond motifs is 1. The van der Waals surface area contributed by atoms with E-state index in [1.165, 1.54) is 0 Å². The minimum Gasteiger partial charge on any atom is -0.396 e. The van der Waals surface area contributed by atoms with E-state index < -0.39 is 0 Å². The van der Waals surface area contributed by atoms with E-state index in [1.807, 2.05) is 19.1 Å². The summed E-state index contributed by atoms with van der Waals surface area (Å²) in [7, 11) is 0. The average Bonchev–Trinajstić information content (AvgIpc) is 2.77. The van der Waals surface area contributed by atoms with E-state index >= 15 is 0 Å². The molecule has 2 rings (SSSR count). The number of benzene rings is 1. The Bertz CT molecular complexity index is 479. The topological polar surface area (TPSA) is 61.4 Å². The number of hydrogen-bond acceptors (Lipinski definition) is 4. The molecule has 0 saturated carbocycles. The Hall–Kier alpha value is -1.04. The predicted octanol–water partition coefficient (Wildman–Crippen LogP) is 2.40. The number of thioether (sulfide) groups is 1. The summed E-state index contributed by atoms with van der Waals surface area (Å²) in [5.74, 6) is 1.18. The molecule has 110 valence electrons. The summed E-state index contributed by atoms with van der Waals surface area (Å²) in [5, 5.41) is 15.2. The molecular formula is C15H22N2O2S. The van der Waals surface area contributed by atoms with Crippen molar-refractivity contribution in [1.29, 1.82) is 0 Å². The maximum atomic E-state index is 11.9. The number of nitrogens with one attached hydrogen (secondary N) is 2. The second-order valence-corrected chi connectivity index (χ2v) is 6.32. The molecule has 1 heterocycles. The molecular weight excluding hydrogens is 272 g/mol. The van der Waals surface area contributed by atoms with E-state index in [4.69, 9.17) is 5.11 Å². The zero-order valence-corrected chi connectivity index (χ0v) is 12.8. The quantitative estimate of drug-likeness (QED) is 0.676. The van der Waals surface area contributed by atoms with Gasteiger partial charge in [0.1, 0.15) is 6.04 Å². The largest absolute Gasteiger partial charge is 0.396 e. The average molecular weight is 294 g/mol. The Labute approximate surface area is 124 Å². The van der Waals surface area contributed by atoms with Crippen molar-refractivity contribution in [3.05, 3.63) is 23.8 Å². The molecule has 1 aliphatic rings. The minimum atomic E-state index is -0.222. The number of aliphatic hydroxyl groups excluding tert-OH is 1. The van der Waals surface area contributed by atoms with E-state index in [0.717, 1.165) is 34.9 Å². The van der Waals surface area contributed by atoms with E-state index in [9.17, 15) is 4.79 Å². The van der Waals surface area contributed by atoms with Crippen LogP contribution in [0.3, 0.4) is 0 Å². The van der Waals surface area contributed by atoms with Crippen LogP contribution in [-0.4, -0.2) is 29.9 Å². The lowest BCUT2D eigenvalue weighted by atomic mass is 10.1. The third-order valence-electron chi connectivity index (χ3n) is 3.30. The molecule has 0 aliphatic carbocycles. The van der Waals surface area contributed by atoms with Crippen LogP contribution in [0.5, 0.6) is 0 Å². The highest BCUT2D eigenvalue weighted by molar-refractivity contribution is 7.99. The molecule has 3 N–H and O–H groups in total. The molecule has 0 aromatic heterocycles. The van der Waals surface area contributed by atoms with Gasteiger partial charge in [-0.15, -0.1) is 11.8 Å². The Kier molecular flexibility index (Phi) is 5.46. The van der Waals surface area contributed by atoms with E-state index in [2.05, 4.69) is 23.6 Å². The Morgan fingerprint density at radius 3 is 3.00 bits per heavy atom. The standard InChI is InChI=1S/C15H22N2O2S/c1-3-6-16-14-12-5-4-11(20-9-10(2)8-18)7-13(12)17-15(14)19/h4-5,7,10,14,16,18H,3,6,8-9H2,1-2H3,(H,17,19). The van der Waals surface area contributed by atoms with Gasteiger partial charge in [-0.25, -0.2) is 0 Å². The number of anilines is 1. The lowest BCUT2D eigenvalue weighted by Crippen LogP contribution is -2.27. The van der Waals surface area contributed by atoms with Gasteiger partial charge in [0.05, 0.1) is 0 Å². The molecule has 0 spiro atoms. The first-order valence-corrected chi connectivity index (χ1v) is 8.06. The van der Waals surface area contributed by atoms with Crippen molar-refractivity contribution < 1.29 is 9.90 Å². The van der Waals surface area contributed by atoms with Gasteiger partial charge in [0.25, 0.3) is 0 Å². The number of hydrogen-bond donors (Lipinski definition) is 3. The number of carbonyl (C=O) groups is 1. The first-order valence-electron chi connectivity index (χ1n) is 7.07. The fraction of sp³-hybridized carbons (Fsp3) is 0.533.